The second-order valence-corrected chi connectivity index (χ2v) is 8.92. The van der Waals surface area contributed by atoms with Crippen molar-refractivity contribution in [3.05, 3.63) is 42.0 Å². The normalized spacial score (nSPS) is 15.7. The summed E-state index contributed by atoms with van der Waals surface area (Å²) >= 11 is 0. The van der Waals surface area contributed by atoms with Gasteiger partial charge in [0.15, 0.2) is 0 Å². The van der Waals surface area contributed by atoms with E-state index < -0.39 is 0 Å². The summed E-state index contributed by atoms with van der Waals surface area (Å²) in [7, 11) is 0. The monoisotopic (exact) mass is 412 g/mol. The molecular weight excluding hydrogens is 368 g/mol. The average Bonchev–Trinajstić information content (AvgIpc) is 3.06. The maximum Gasteiger partial charge on any atom is 0.238 e. The van der Waals surface area contributed by atoms with Crippen LogP contribution in [0.3, 0.4) is 0 Å². The Labute approximate surface area is 185 Å². The molecule has 30 heavy (non-hydrogen) atoms. The zero-order chi connectivity index (χ0) is 21.4. The van der Waals surface area contributed by atoms with Crippen molar-refractivity contribution in [2.75, 3.05) is 5.01 Å². The molecule has 1 N–H and O–H groups in total. The number of fused-ring (bicyclic) bond motifs is 1. The number of unbranched alkanes of at least 4 members (excludes halogenated alkanes) is 11. The number of nitrogens with zero attached hydrogens (tertiary/aromatic N) is 1. The molecule has 0 aromatic heterocycles. The molecule has 1 atom stereocenters. The minimum absolute atomic E-state index is 0.149. The molecule has 0 aliphatic carbocycles. The van der Waals surface area contributed by atoms with Crippen molar-refractivity contribution in [3.63, 3.8) is 0 Å². The van der Waals surface area contributed by atoms with Crippen molar-refractivity contribution in [1.82, 2.24) is 5.43 Å². The summed E-state index contributed by atoms with van der Waals surface area (Å²) in [4.78, 5) is 12.3. The topological polar surface area (TPSA) is 32.3 Å². The Morgan fingerprint density at radius 3 is 2.23 bits per heavy atom. The number of hydrogen-bond donors (Lipinski definition) is 1. The minimum atomic E-state index is 0.149. The molecule has 168 valence electrons. The molecule has 0 saturated carbocycles. The van der Waals surface area contributed by atoms with Crippen LogP contribution in [0.2, 0.25) is 0 Å². The zero-order valence-electron chi connectivity index (χ0n) is 19.5. The van der Waals surface area contributed by atoms with Crippen LogP contribution in [0.4, 0.5) is 5.69 Å². The summed E-state index contributed by atoms with van der Waals surface area (Å²) in [6.45, 7) is 4.44. The predicted octanol–water partition coefficient (Wildman–Crippen LogP) is 7.51. The van der Waals surface area contributed by atoms with Gasteiger partial charge in [-0.15, -0.1) is 0 Å². The number of hydrogen-bond acceptors (Lipinski definition) is 2. The van der Waals surface area contributed by atoms with Gasteiger partial charge in [-0.2, -0.15) is 0 Å². The number of amides is 1. The first-order valence-corrected chi connectivity index (χ1v) is 12.5. The first-order valence-electron chi connectivity index (χ1n) is 12.5. The Hall–Kier alpha value is -1.77. The van der Waals surface area contributed by atoms with Crippen molar-refractivity contribution in [2.24, 2.45) is 0 Å². The van der Waals surface area contributed by atoms with Gasteiger partial charge in [-0.1, -0.05) is 88.6 Å². The molecule has 1 aromatic rings. The third-order valence-electron chi connectivity index (χ3n) is 6.12. The van der Waals surface area contributed by atoms with Gasteiger partial charge < -0.3 is 0 Å². The molecule has 0 saturated heterocycles. The third kappa shape index (κ3) is 9.36. The lowest BCUT2D eigenvalue weighted by Crippen LogP contribution is -2.45. The van der Waals surface area contributed by atoms with Crippen molar-refractivity contribution in [3.8, 4) is 0 Å². The number of nitrogens with one attached hydrogen (secondary N) is 1. The Kier molecular flexibility index (Phi) is 12.3. The van der Waals surface area contributed by atoms with Crippen LogP contribution in [-0.4, -0.2) is 11.9 Å². The minimum Gasteiger partial charge on any atom is -0.282 e. The molecule has 2 rings (SSSR count). The number of hydrazine groups is 1. The first kappa shape index (κ1) is 24.5. The van der Waals surface area contributed by atoms with Crippen LogP contribution >= 0.6 is 0 Å². The van der Waals surface area contributed by atoms with Crippen LogP contribution in [0.15, 0.2) is 36.4 Å². The number of allylic oxidation sites excluding steroid dienone is 2. The quantitative estimate of drug-likeness (QED) is 0.225. The maximum absolute atomic E-state index is 12.3. The van der Waals surface area contributed by atoms with Gasteiger partial charge in [-0.25, -0.2) is 0 Å². The van der Waals surface area contributed by atoms with Crippen LogP contribution in [0.5, 0.6) is 0 Å². The van der Waals surface area contributed by atoms with Crippen LogP contribution < -0.4 is 10.4 Å². The van der Waals surface area contributed by atoms with Gasteiger partial charge in [-0.3, -0.25) is 15.2 Å². The van der Waals surface area contributed by atoms with Crippen molar-refractivity contribution in [1.29, 1.82) is 0 Å². The lowest BCUT2D eigenvalue weighted by atomic mass is 10.1. The second-order valence-electron chi connectivity index (χ2n) is 8.92. The smallest absolute Gasteiger partial charge is 0.238 e. The van der Waals surface area contributed by atoms with Crippen molar-refractivity contribution in [2.45, 2.75) is 116 Å². The average molecular weight is 413 g/mol. The number of carbonyl (C=O) groups is 1. The third-order valence-corrected chi connectivity index (χ3v) is 6.12. The number of benzene rings is 1. The van der Waals surface area contributed by atoms with E-state index in [4.69, 9.17) is 0 Å². The highest BCUT2D eigenvalue weighted by Gasteiger charge is 2.26. The molecule has 0 bridgehead atoms. The fraction of sp³-hybridized carbons (Fsp3) is 0.667. The van der Waals surface area contributed by atoms with E-state index >= 15 is 0 Å². The Balaban J connectivity index is 1.42. The van der Waals surface area contributed by atoms with Crippen molar-refractivity contribution >= 4 is 11.6 Å². The summed E-state index contributed by atoms with van der Waals surface area (Å²) in [5.74, 6) is 0.149. The highest BCUT2D eigenvalue weighted by molar-refractivity contribution is 5.79. The summed E-state index contributed by atoms with van der Waals surface area (Å²) < 4.78 is 0. The zero-order valence-corrected chi connectivity index (χ0v) is 19.5. The Morgan fingerprint density at radius 2 is 1.53 bits per heavy atom. The maximum atomic E-state index is 12.3. The van der Waals surface area contributed by atoms with E-state index in [1.807, 2.05) is 6.07 Å². The molecule has 1 unspecified atom stereocenters. The summed E-state index contributed by atoms with van der Waals surface area (Å²) in [5, 5.41) is 2.05. The lowest BCUT2D eigenvalue weighted by Gasteiger charge is -2.25. The number of carbonyl (C=O) groups excluding carboxylic acids is 1. The van der Waals surface area contributed by atoms with E-state index in [9.17, 15) is 4.79 Å². The van der Waals surface area contributed by atoms with Gasteiger partial charge in [0.25, 0.3) is 0 Å². The van der Waals surface area contributed by atoms with Gasteiger partial charge in [0.05, 0.1) is 11.7 Å². The molecule has 0 spiro atoms. The molecule has 0 radical (unpaired) electrons. The SMILES string of the molecule is CCCCCCCCC=CCCCCCCCC(=O)NN1c2ccccc2CC1C. The number of rotatable bonds is 16. The highest BCUT2D eigenvalue weighted by Crippen LogP contribution is 2.30. The largest absolute Gasteiger partial charge is 0.282 e. The van der Waals surface area contributed by atoms with Gasteiger partial charge >= 0.3 is 0 Å². The molecule has 3 nitrogen and oxygen atoms in total. The predicted molar refractivity (Wildman–Crippen MR) is 130 cm³/mol. The van der Waals surface area contributed by atoms with E-state index in [1.54, 1.807) is 0 Å². The van der Waals surface area contributed by atoms with Gasteiger partial charge in [0.1, 0.15) is 0 Å². The van der Waals surface area contributed by atoms with Crippen molar-refractivity contribution < 1.29 is 4.79 Å². The molecule has 3 heteroatoms. The first-order chi connectivity index (χ1) is 14.7. The van der Waals surface area contributed by atoms with Gasteiger partial charge in [-0.05, 0) is 57.1 Å². The van der Waals surface area contributed by atoms with E-state index in [0.717, 1.165) is 24.9 Å². The van der Waals surface area contributed by atoms with E-state index in [1.165, 1.54) is 76.2 Å². The Morgan fingerprint density at radius 1 is 0.933 bits per heavy atom. The Bertz CT molecular complexity index is 625. The molecule has 1 amide bonds. The number of anilines is 1. The summed E-state index contributed by atoms with van der Waals surface area (Å²) in [5.41, 5.74) is 5.60. The molecule has 1 aliphatic heterocycles. The van der Waals surface area contributed by atoms with E-state index in [2.05, 4.69) is 54.6 Å². The van der Waals surface area contributed by atoms with Crippen LogP contribution in [0.25, 0.3) is 0 Å². The van der Waals surface area contributed by atoms with Crippen LogP contribution in [-0.2, 0) is 11.2 Å². The van der Waals surface area contributed by atoms with E-state index in [0.29, 0.717) is 12.5 Å². The highest BCUT2D eigenvalue weighted by atomic mass is 16.2. The molecule has 1 aliphatic rings. The molecule has 0 fully saturated rings. The van der Waals surface area contributed by atoms with E-state index in [-0.39, 0.29) is 5.91 Å². The fourth-order valence-corrected chi connectivity index (χ4v) is 4.28. The molecule has 1 heterocycles. The standard InChI is InChI=1S/C27H44N2O/c1-3-4-5-6-7-8-9-10-11-12-13-14-15-16-17-22-27(30)28-29-24(2)23-25-20-18-19-21-26(25)29/h10-11,18-21,24H,3-9,12-17,22-23H2,1-2H3,(H,28,30). The van der Waals surface area contributed by atoms with Crippen LogP contribution in [0, 0.1) is 0 Å². The molecule has 1 aromatic carbocycles. The summed E-state index contributed by atoms with van der Waals surface area (Å²) in [6, 6.07) is 8.70. The summed E-state index contributed by atoms with van der Waals surface area (Å²) in [6.07, 6.45) is 23.1. The van der Waals surface area contributed by atoms with Gasteiger partial charge in [0.2, 0.25) is 5.91 Å². The number of para-hydroxylation sites is 1. The fourth-order valence-electron chi connectivity index (χ4n) is 4.28. The van der Waals surface area contributed by atoms with Gasteiger partial charge in [0, 0.05) is 6.42 Å². The second kappa shape index (κ2) is 15.1. The molecular formula is C27H44N2O. The van der Waals surface area contributed by atoms with Crippen LogP contribution in [0.1, 0.15) is 109 Å². The lowest BCUT2D eigenvalue weighted by molar-refractivity contribution is -0.121.